The summed E-state index contributed by atoms with van der Waals surface area (Å²) in [7, 11) is 1.55. The van der Waals surface area contributed by atoms with Crippen molar-refractivity contribution < 1.29 is 19.1 Å². The van der Waals surface area contributed by atoms with Crippen LogP contribution in [-0.2, 0) is 11.4 Å². The predicted octanol–water partition coefficient (Wildman–Crippen LogP) is 5.19. The van der Waals surface area contributed by atoms with E-state index in [1.807, 2.05) is 54.6 Å². The maximum absolute atomic E-state index is 12.8. The molecule has 4 aromatic carbocycles. The highest BCUT2D eigenvalue weighted by Gasteiger charge is 2.30. The predicted molar refractivity (Wildman–Crippen MR) is 140 cm³/mol. The van der Waals surface area contributed by atoms with Gasteiger partial charge in [0.05, 0.1) is 19.0 Å². The Kier molecular flexibility index (Phi) is 6.56. The lowest BCUT2D eigenvalue weighted by atomic mass is 10.1. The number of nitrogens with one attached hydrogen (secondary N) is 1. The van der Waals surface area contributed by atoms with Crippen molar-refractivity contribution in [1.29, 1.82) is 0 Å². The van der Waals surface area contributed by atoms with Crippen molar-refractivity contribution in [2.45, 2.75) is 6.61 Å². The third-order valence-corrected chi connectivity index (χ3v) is 6.25. The number of ether oxygens (including phenoxy) is 2. The molecule has 0 unspecified atom stereocenters. The number of rotatable bonds is 8. The topological polar surface area (TPSA) is 80.2 Å². The second kappa shape index (κ2) is 10.1. The van der Waals surface area contributed by atoms with Gasteiger partial charge in [-0.3, -0.25) is 14.5 Å². The molecule has 0 saturated carbocycles. The van der Waals surface area contributed by atoms with Crippen molar-refractivity contribution in [2.24, 2.45) is 5.10 Å². The lowest BCUT2D eigenvalue weighted by Crippen LogP contribution is -2.37. The molecule has 7 nitrogen and oxygen atoms in total. The molecule has 1 aliphatic heterocycles. The van der Waals surface area contributed by atoms with Crippen molar-refractivity contribution in [3.05, 3.63) is 101 Å². The van der Waals surface area contributed by atoms with Crippen LogP contribution < -0.4 is 19.8 Å². The molecule has 0 saturated heterocycles. The van der Waals surface area contributed by atoms with Gasteiger partial charge in [-0.15, -0.1) is 0 Å². The quantitative estimate of drug-likeness (QED) is 0.267. The Morgan fingerprint density at radius 1 is 1.03 bits per heavy atom. The summed E-state index contributed by atoms with van der Waals surface area (Å²) < 4.78 is 11.3. The second-order valence-corrected chi connectivity index (χ2v) is 8.56. The standard InChI is InChI=1S/C28H22ClN3O4/c1-35-25-14-18(12-13-24(25)36-17-20-6-2-3-10-22(20)29)15-30-31-26(33)16-32-23-11-5-8-19-7-4-9-21(27(19)23)28(32)34/h2-15H,16-17H2,1H3,(H,31,33)/b30-15-. The van der Waals surface area contributed by atoms with Crippen LogP contribution in [-0.4, -0.2) is 31.7 Å². The molecular weight excluding hydrogens is 478 g/mol. The molecule has 8 heteroatoms. The summed E-state index contributed by atoms with van der Waals surface area (Å²) in [6.45, 7) is 0.161. The van der Waals surface area contributed by atoms with Gasteiger partial charge in [-0.25, -0.2) is 5.43 Å². The largest absolute Gasteiger partial charge is 0.493 e. The van der Waals surface area contributed by atoms with E-state index in [2.05, 4.69) is 10.5 Å². The molecule has 0 aromatic heterocycles. The maximum atomic E-state index is 12.8. The zero-order valence-corrected chi connectivity index (χ0v) is 20.2. The monoisotopic (exact) mass is 499 g/mol. The van der Waals surface area contributed by atoms with Gasteiger partial charge < -0.3 is 9.47 Å². The Labute approximate surface area is 212 Å². The Hall–Kier alpha value is -4.36. The first kappa shape index (κ1) is 23.4. The highest BCUT2D eigenvalue weighted by molar-refractivity contribution is 6.31. The van der Waals surface area contributed by atoms with Gasteiger partial charge in [-0.05, 0) is 47.3 Å². The van der Waals surface area contributed by atoms with E-state index in [9.17, 15) is 9.59 Å². The molecule has 1 heterocycles. The zero-order chi connectivity index (χ0) is 25.1. The highest BCUT2D eigenvalue weighted by Crippen LogP contribution is 2.36. The van der Waals surface area contributed by atoms with E-state index >= 15 is 0 Å². The van der Waals surface area contributed by atoms with E-state index < -0.39 is 5.91 Å². The lowest BCUT2D eigenvalue weighted by molar-refractivity contribution is -0.119. The van der Waals surface area contributed by atoms with Crippen molar-refractivity contribution >= 4 is 46.1 Å². The van der Waals surface area contributed by atoms with E-state index in [-0.39, 0.29) is 12.5 Å². The summed E-state index contributed by atoms with van der Waals surface area (Å²) in [6, 6.07) is 24.0. The first-order valence-corrected chi connectivity index (χ1v) is 11.6. The summed E-state index contributed by atoms with van der Waals surface area (Å²) in [5.41, 5.74) is 5.39. The Bertz CT molecular complexity index is 1500. The number of halogens is 1. The molecule has 0 spiro atoms. The third kappa shape index (κ3) is 4.61. The molecule has 4 aromatic rings. The maximum Gasteiger partial charge on any atom is 0.260 e. The first-order valence-electron chi connectivity index (χ1n) is 11.2. The van der Waals surface area contributed by atoms with Gasteiger partial charge >= 0.3 is 0 Å². The fraction of sp³-hybridized carbons (Fsp3) is 0.107. The molecule has 36 heavy (non-hydrogen) atoms. The minimum absolute atomic E-state index is 0.137. The number of hydrazone groups is 1. The third-order valence-electron chi connectivity index (χ3n) is 5.88. The fourth-order valence-electron chi connectivity index (χ4n) is 4.15. The molecule has 0 atom stereocenters. The van der Waals surface area contributed by atoms with Crippen LogP contribution in [0.5, 0.6) is 11.5 Å². The molecule has 1 N–H and O–H groups in total. The molecule has 1 aliphatic rings. The SMILES string of the molecule is COc1cc(/C=N\NC(=O)CN2C(=O)c3cccc4cccc2c34)ccc1OCc1ccccc1Cl. The second-order valence-electron chi connectivity index (χ2n) is 8.16. The van der Waals surface area contributed by atoms with Gasteiger partial charge in [-0.1, -0.05) is 54.1 Å². The van der Waals surface area contributed by atoms with Crippen LogP contribution in [0.1, 0.15) is 21.5 Å². The normalized spacial score (nSPS) is 12.4. The average Bonchev–Trinajstić information content (AvgIpc) is 3.16. The average molecular weight is 500 g/mol. The zero-order valence-electron chi connectivity index (χ0n) is 19.4. The molecule has 180 valence electrons. The molecule has 0 fully saturated rings. The molecule has 5 rings (SSSR count). The molecule has 0 bridgehead atoms. The summed E-state index contributed by atoms with van der Waals surface area (Å²) in [5.74, 6) is 0.472. The van der Waals surface area contributed by atoms with Crippen LogP contribution in [0.4, 0.5) is 5.69 Å². The van der Waals surface area contributed by atoms with E-state index in [1.165, 1.54) is 11.1 Å². The molecule has 0 radical (unpaired) electrons. The number of benzene rings is 4. The van der Waals surface area contributed by atoms with Gasteiger partial charge in [-0.2, -0.15) is 5.10 Å². The van der Waals surface area contributed by atoms with Crippen molar-refractivity contribution in [1.82, 2.24) is 5.43 Å². The van der Waals surface area contributed by atoms with Crippen molar-refractivity contribution in [3.63, 3.8) is 0 Å². The Morgan fingerprint density at radius 2 is 1.83 bits per heavy atom. The van der Waals surface area contributed by atoms with Crippen molar-refractivity contribution in [3.8, 4) is 11.5 Å². The fourth-order valence-corrected chi connectivity index (χ4v) is 4.34. The van der Waals surface area contributed by atoms with Crippen LogP contribution in [0.15, 0.2) is 84.0 Å². The van der Waals surface area contributed by atoms with Gasteiger partial charge in [0.25, 0.3) is 11.8 Å². The number of carbonyl (C=O) groups excluding carboxylic acids is 2. The van der Waals surface area contributed by atoms with Gasteiger partial charge in [0.1, 0.15) is 13.2 Å². The summed E-state index contributed by atoms with van der Waals surface area (Å²) in [6.07, 6.45) is 1.50. The number of hydrogen-bond acceptors (Lipinski definition) is 5. The highest BCUT2D eigenvalue weighted by atomic mass is 35.5. The number of nitrogens with zero attached hydrogens (tertiary/aromatic N) is 2. The van der Waals surface area contributed by atoms with E-state index in [0.717, 1.165) is 22.0 Å². The molecular formula is C28H22ClN3O4. The van der Waals surface area contributed by atoms with Crippen LogP contribution in [0, 0.1) is 0 Å². The smallest absolute Gasteiger partial charge is 0.260 e. The van der Waals surface area contributed by atoms with Gasteiger partial charge in [0.15, 0.2) is 11.5 Å². The van der Waals surface area contributed by atoms with Gasteiger partial charge in [0.2, 0.25) is 0 Å². The van der Waals surface area contributed by atoms with Crippen LogP contribution >= 0.6 is 11.6 Å². The lowest BCUT2D eigenvalue weighted by Gasteiger charge is -2.16. The molecule has 0 aliphatic carbocycles. The Balaban J connectivity index is 1.22. The van der Waals surface area contributed by atoms with E-state index in [0.29, 0.717) is 34.3 Å². The minimum Gasteiger partial charge on any atom is -0.493 e. The van der Waals surface area contributed by atoms with E-state index in [1.54, 1.807) is 31.4 Å². The minimum atomic E-state index is -0.406. The van der Waals surface area contributed by atoms with Crippen LogP contribution in [0.2, 0.25) is 5.02 Å². The van der Waals surface area contributed by atoms with Crippen molar-refractivity contribution in [2.75, 3.05) is 18.6 Å². The number of methoxy groups -OCH3 is 1. The van der Waals surface area contributed by atoms with E-state index in [4.69, 9.17) is 21.1 Å². The number of amides is 2. The number of hydrogen-bond donors (Lipinski definition) is 1. The number of anilines is 1. The van der Waals surface area contributed by atoms with Crippen LogP contribution in [0.3, 0.4) is 0 Å². The summed E-state index contributed by atoms with van der Waals surface area (Å²) in [4.78, 5) is 26.9. The Morgan fingerprint density at radius 3 is 2.64 bits per heavy atom. The molecule has 2 amide bonds. The van der Waals surface area contributed by atoms with Crippen LogP contribution in [0.25, 0.3) is 10.8 Å². The number of carbonyl (C=O) groups is 2. The first-order chi connectivity index (χ1) is 17.5. The van der Waals surface area contributed by atoms with Gasteiger partial charge in [0, 0.05) is 21.5 Å². The summed E-state index contributed by atoms with van der Waals surface area (Å²) in [5, 5.41) is 6.50. The summed E-state index contributed by atoms with van der Waals surface area (Å²) >= 11 is 6.19.